The van der Waals surface area contributed by atoms with Crippen molar-refractivity contribution in [2.75, 3.05) is 25.4 Å². The van der Waals surface area contributed by atoms with Gasteiger partial charge in [0.05, 0.1) is 5.69 Å². The molecule has 0 atom stereocenters. The van der Waals surface area contributed by atoms with Crippen LogP contribution in [-0.4, -0.2) is 24.6 Å². The van der Waals surface area contributed by atoms with Crippen molar-refractivity contribution in [3.05, 3.63) is 60.2 Å². The lowest BCUT2D eigenvalue weighted by molar-refractivity contribution is 0.210. The number of nitrogen functional groups attached to an aromatic ring is 1. The Kier molecular flexibility index (Phi) is 5.44. The second-order valence-electron chi connectivity index (χ2n) is 4.74. The van der Waals surface area contributed by atoms with Crippen LogP contribution in [-0.2, 0) is 6.54 Å². The smallest absolute Gasteiger partial charge is 0.142 e. The molecule has 3 nitrogen and oxygen atoms in total. The number of hydrogen-bond donors (Lipinski definition) is 1. The number of hydrogen-bond acceptors (Lipinski definition) is 3. The highest BCUT2D eigenvalue weighted by Gasteiger charge is 2.04. The van der Waals surface area contributed by atoms with Crippen molar-refractivity contribution in [3.63, 3.8) is 0 Å². The summed E-state index contributed by atoms with van der Waals surface area (Å²) in [5.74, 6) is 0.767. The topological polar surface area (TPSA) is 38.5 Å². The zero-order chi connectivity index (χ0) is 14.2. The third-order valence-corrected chi connectivity index (χ3v) is 3.28. The lowest BCUT2D eigenvalue weighted by atomic mass is 10.2. The van der Waals surface area contributed by atoms with Crippen molar-refractivity contribution in [1.82, 2.24) is 4.90 Å². The molecule has 3 heteroatoms. The fourth-order valence-corrected chi connectivity index (χ4v) is 2.09. The fraction of sp³-hybridized carbons (Fsp3) is 0.294. The highest BCUT2D eigenvalue weighted by molar-refractivity contribution is 5.51. The number of ether oxygens (including phenoxy) is 1. The molecule has 2 N–H and O–H groups in total. The van der Waals surface area contributed by atoms with Crippen molar-refractivity contribution in [2.45, 2.75) is 13.5 Å². The first kappa shape index (κ1) is 14.4. The average molecular weight is 270 g/mol. The van der Waals surface area contributed by atoms with Gasteiger partial charge in [0.2, 0.25) is 0 Å². The minimum Gasteiger partial charge on any atom is -0.490 e. The van der Waals surface area contributed by atoms with Crippen molar-refractivity contribution < 1.29 is 4.74 Å². The van der Waals surface area contributed by atoms with E-state index in [-0.39, 0.29) is 0 Å². The first-order valence-electron chi connectivity index (χ1n) is 7.03. The predicted octanol–water partition coefficient (Wildman–Crippen LogP) is 3.17. The Hall–Kier alpha value is -2.00. The maximum absolute atomic E-state index is 5.85. The van der Waals surface area contributed by atoms with E-state index in [1.165, 1.54) is 5.56 Å². The average Bonchev–Trinajstić information content (AvgIpc) is 2.49. The Balaban J connectivity index is 1.81. The molecule has 0 radical (unpaired) electrons. The molecule has 0 spiro atoms. The molecule has 0 aliphatic heterocycles. The number of nitrogens with two attached hydrogens (primary N) is 1. The Morgan fingerprint density at radius 2 is 1.70 bits per heavy atom. The fourth-order valence-electron chi connectivity index (χ4n) is 2.09. The van der Waals surface area contributed by atoms with E-state index in [1.54, 1.807) is 0 Å². The number of nitrogens with zero attached hydrogens (tertiary/aromatic N) is 1. The van der Waals surface area contributed by atoms with E-state index in [2.05, 4.69) is 36.1 Å². The van der Waals surface area contributed by atoms with E-state index < -0.39 is 0 Å². The van der Waals surface area contributed by atoms with Crippen LogP contribution in [0, 0.1) is 0 Å². The Bertz CT molecular complexity index is 513. The van der Waals surface area contributed by atoms with Crippen LogP contribution in [0.3, 0.4) is 0 Å². The Morgan fingerprint density at radius 1 is 1.00 bits per heavy atom. The first-order valence-corrected chi connectivity index (χ1v) is 7.03. The highest BCUT2D eigenvalue weighted by Crippen LogP contribution is 2.19. The van der Waals surface area contributed by atoms with Gasteiger partial charge in [-0.1, -0.05) is 49.4 Å². The van der Waals surface area contributed by atoms with Crippen LogP contribution in [0.25, 0.3) is 0 Å². The van der Waals surface area contributed by atoms with Gasteiger partial charge in [-0.05, 0) is 24.2 Å². The second kappa shape index (κ2) is 7.56. The van der Waals surface area contributed by atoms with Crippen molar-refractivity contribution >= 4 is 5.69 Å². The largest absolute Gasteiger partial charge is 0.490 e. The summed E-state index contributed by atoms with van der Waals surface area (Å²) in [6.45, 7) is 5.65. The molecule has 0 aromatic heterocycles. The zero-order valence-electron chi connectivity index (χ0n) is 12.0. The summed E-state index contributed by atoms with van der Waals surface area (Å²) in [5, 5.41) is 0. The monoisotopic (exact) mass is 270 g/mol. The van der Waals surface area contributed by atoms with Gasteiger partial charge >= 0.3 is 0 Å². The number of likely N-dealkylation sites (N-methyl/N-ethyl adjacent to an activating group) is 1. The lowest BCUT2D eigenvalue weighted by Crippen LogP contribution is -2.27. The van der Waals surface area contributed by atoms with Crippen LogP contribution in [0.4, 0.5) is 5.69 Å². The molecule has 0 heterocycles. The third kappa shape index (κ3) is 4.28. The molecule has 0 bridgehead atoms. The SMILES string of the molecule is CCN(CCOc1ccccc1N)Cc1ccccc1. The lowest BCUT2D eigenvalue weighted by Gasteiger charge is -2.20. The van der Waals surface area contributed by atoms with E-state index in [4.69, 9.17) is 10.5 Å². The molecule has 2 rings (SSSR count). The number of para-hydroxylation sites is 2. The predicted molar refractivity (Wildman–Crippen MR) is 83.7 cm³/mol. The van der Waals surface area contributed by atoms with Crippen LogP contribution in [0.2, 0.25) is 0 Å². The van der Waals surface area contributed by atoms with Gasteiger partial charge in [0.25, 0.3) is 0 Å². The summed E-state index contributed by atoms with van der Waals surface area (Å²) >= 11 is 0. The van der Waals surface area contributed by atoms with Crippen LogP contribution in [0.1, 0.15) is 12.5 Å². The summed E-state index contributed by atoms with van der Waals surface area (Å²) in [6, 6.07) is 18.1. The van der Waals surface area contributed by atoms with Crippen molar-refractivity contribution in [2.24, 2.45) is 0 Å². The summed E-state index contributed by atoms with van der Waals surface area (Å²) in [4.78, 5) is 2.36. The standard InChI is InChI=1S/C17H22N2O/c1-2-19(14-15-8-4-3-5-9-15)12-13-20-17-11-7-6-10-16(17)18/h3-11H,2,12-14,18H2,1H3. The molecule has 0 amide bonds. The molecule has 0 fully saturated rings. The first-order chi connectivity index (χ1) is 9.79. The second-order valence-corrected chi connectivity index (χ2v) is 4.74. The van der Waals surface area contributed by atoms with Crippen LogP contribution in [0.15, 0.2) is 54.6 Å². The van der Waals surface area contributed by atoms with E-state index in [0.717, 1.165) is 25.4 Å². The molecule has 0 unspecified atom stereocenters. The summed E-state index contributed by atoms with van der Waals surface area (Å²) in [5.41, 5.74) is 7.88. The highest BCUT2D eigenvalue weighted by atomic mass is 16.5. The summed E-state index contributed by atoms with van der Waals surface area (Å²) in [7, 11) is 0. The number of anilines is 1. The molecule has 0 saturated carbocycles. The molecule has 0 aliphatic carbocycles. The van der Waals surface area contributed by atoms with E-state index in [0.29, 0.717) is 12.3 Å². The molecule has 0 aliphatic rings. The quantitative estimate of drug-likeness (QED) is 0.785. The van der Waals surface area contributed by atoms with Gasteiger partial charge in [0.15, 0.2) is 0 Å². The number of rotatable bonds is 7. The molecule has 2 aromatic rings. The van der Waals surface area contributed by atoms with Gasteiger partial charge in [-0.2, -0.15) is 0 Å². The van der Waals surface area contributed by atoms with Gasteiger partial charge < -0.3 is 10.5 Å². The van der Waals surface area contributed by atoms with Crippen molar-refractivity contribution in [3.8, 4) is 5.75 Å². The molecule has 20 heavy (non-hydrogen) atoms. The zero-order valence-corrected chi connectivity index (χ0v) is 12.0. The van der Waals surface area contributed by atoms with Crippen LogP contribution < -0.4 is 10.5 Å². The van der Waals surface area contributed by atoms with E-state index >= 15 is 0 Å². The van der Waals surface area contributed by atoms with Gasteiger partial charge in [-0.3, -0.25) is 4.90 Å². The third-order valence-electron chi connectivity index (χ3n) is 3.28. The Labute approximate surface area is 121 Å². The minimum atomic E-state index is 0.648. The number of benzene rings is 2. The maximum atomic E-state index is 5.85. The molecule has 106 valence electrons. The Morgan fingerprint density at radius 3 is 2.40 bits per heavy atom. The van der Waals surface area contributed by atoms with Crippen molar-refractivity contribution in [1.29, 1.82) is 0 Å². The van der Waals surface area contributed by atoms with Crippen LogP contribution in [0.5, 0.6) is 5.75 Å². The van der Waals surface area contributed by atoms with Crippen LogP contribution >= 0.6 is 0 Å². The molecule has 0 saturated heterocycles. The van der Waals surface area contributed by atoms with Gasteiger partial charge in [0.1, 0.15) is 12.4 Å². The normalized spacial score (nSPS) is 10.7. The maximum Gasteiger partial charge on any atom is 0.142 e. The summed E-state index contributed by atoms with van der Waals surface area (Å²) < 4.78 is 5.74. The van der Waals surface area contributed by atoms with Gasteiger partial charge in [-0.25, -0.2) is 0 Å². The van der Waals surface area contributed by atoms with Gasteiger partial charge in [-0.15, -0.1) is 0 Å². The molecular formula is C17H22N2O. The van der Waals surface area contributed by atoms with Gasteiger partial charge in [0, 0.05) is 13.1 Å². The molecule has 2 aromatic carbocycles. The summed E-state index contributed by atoms with van der Waals surface area (Å²) in [6.07, 6.45) is 0. The molecular weight excluding hydrogens is 248 g/mol. The van der Waals surface area contributed by atoms with E-state index in [9.17, 15) is 0 Å². The van der Waals surface area contributed by atoms with E-state index in [1.807, 2.05) is 30.3 Å². The minimum absolute atomic E-state index is 0.648.